The summed E-state index contributed by atoms with van der Waals surface area (Å²) >= 11 is 0. The molecule has 3 N–H and O–H groups in total. The third kappa shape index (κ3) is 8.19. The second kappa shape index (κ2) is 12.0. The zero-order valence-electron chi connectivity index (χ0n) is 17.1. The molecule has 7 nitrogen and oxygen atoms in total. The van der Waals surface area contributed by atoms with Crippen LogP contribution in [0, 0.1) is 6.92 Å². The van der Waals surface area contributed by atoms with Gasteiger partial charge >= 0.3 is 0 Å². The Kier molecular flexibility index (Phi) is 10.4. The van der Waals surface area contributed by atoms with E-state index in [0.717, 1.165) is 16.9 Å². The monoisotopic (exact) mass is 532 g/mol. The first kappa shape index (κ1) is 25.2. The standard InChI is InChI=1S/C20H28N4O3S.HI/c1-15-7-5-9-18(11-15)27-16(2)13-23-20(21-3)24-14-17-8-6-10-19(12-17)28(25,26)22-4;/h5-12,16,22H,13-14H2,1-4H3,(H2,21,23,24);1H. The van der Waals surface area contributed by atoms with Gasteiger partial charge in [0, 0.05) is 13.6 Å². The lowest BCUT2D eigenvalue weighted by Gasteiger charge is -2.18. The van der Waals surface area contributed by atoms with Gasteiger partial charge in [0.1, 0.15) is 11.9 Å². The largest absolute Gasteiger partial charge is 0.489 e. The summed E-state index contributed by atoms with van der Waals surface area (Å²) in [6.45, 7) is 5.02. The van der Waals surface area contributed by atoms with Gasteiger partial charge in [-0.05, 0) is 56.3 Å². The molecule has 0 spiro atoms. The fraction of sp³-hybridized carbons (Fsp3) is 0.350. The minimum Gasteiger partial charge on any atom is -0.489 e. The van der Waals surface area contributed by atoms with Crippen molar-refractivity contribution < 1.29 is 13.2 Å². The molecule has 0 bridgehead atoms. The first-order chi connectivity index (χ1) is 13.3. The average Bonchev–Trinajstić information content (AvgIpc) is 2.68. The summed E-state index contributed by atoms with van der Waals surface area (Å²) in [5, 5.41) is 6.39. The molecule has 9 heteroatoms. The Morgan fingerprint density at radius 1 is 1.14 bits per heavy atom. The molecule has 29 heavy (non-hydrogen) atoms. The quantitative estimate of drug-likeness (QED) is 0.276. The Bertz CT molecular complexity index is 919. The molecule has 0 aliphatic carbocycles. The maximum Gasteiger partial charge on any atom is 0.240 e. The summed E-state index contributed by atoms with van der Waals surface area (Å²) in [5.74, 6) is 1.45. The maximum absolute atomic E-state index is 11.9. The highest BCUT2D eigenvalue weighted by molar-refractivity contribution is 14.0. The summed E-state index contributed by atoms with van der Waals surface area (Å²) in [5.41, 5.74) is 1.99. The van der Waals surface area contributed by atoms with E-state index < -0.39 is 10.0 Å². The van der Waals surface area contributed by atoms with Crippen molar-refractivity contribution in [2.75, 3.05) is 20.6 Å². The summed E-state index contributed by atoms with van der Waals surface area (Å²) in [6, 6.07) is 14.7. The van der Waals surface area contributed by atoms with E-state index in [1.54, 1.807) is 25.2 Å². The fourth-order valence-electron chi connectivity index (χ4n) is 2.55. The van der Waals surface area contributed by atoms with Gasteiger partial charge in [-0.3, -0.25) is 4.99 Å². The smallest absolute Gasteiger partial charge is 0.240 e. The van der Waals surface area contributed by atoms with Crippen molar-refractivity contribution >= 4 is 40.0 Å². The van der Waals surface area contributed by atoms with Crippen molar-refractivity contribution in [2.24, 2.45) is 4.99 Å². The van der Waals surface area contributed by atoms with Gasteiger partial charge in [0.2, 0.25) is 10.0 Å². The van der Waals surface area contributed by atoms with Crippen molar-refractivity contribution in [1.82, 2.24) is 15.4 Å². The van der Waals surface area contributed by atoms with Crippen LogP contribution >= 0.6 is 24.0 Å². The first-order valence-electron chi connectivity index (χ1n) is 9.04. The molecular formula is C20H29IN4O3S. The number of sulfonamides is 1. The molecule has 1 unspecified atom stereocenters. The number of hydrogen-bond donors (Lipinski definition) is 3. The number of rotatable bonds is 8. The van der Waals surface area contributed by atoms with E-state index >= 15 is 0 Å². The van der Waals surface area contributed by atoms with E-state index in [1.807, 2.05) is 44.2 Å². The summed E-state index contributed by atoms with van der Waals surface area (Å²) in [6.07, 6.45) is -0.0514. The van der Waals surface area contributed by atoms with Gasteiger partial charge in [-0.2, -0.15) is 0 Å². The van der Waals surface area contributed by atoms with Crippen LogP contribution < -0.4 is 20.1 Å². The number of ether oxygens (including phenoxy) is 1. The molecule has 160 valence electrons. The molecule has 0 fully saturated rings. The van der Waals surface area contributed by atoms with Crippen molar-refractivity contribution in [3.8, 4) is 5.75 Å². The zero-order chi connectivity index (χ0) is 20.6. The van der Waals surface area contributed by atoms with Crippen LogP contribution in [0.5, 0.6) is 5.75 Å². The van der Waals surface area contributed by atoms with E-state index in [9.17, 15) is 8.42 Å². The minimum absolute atomic E-state index is 0. The van der Waals surface area contributed by atoms with Crippen LogP contribution in [0.2, 0.25) is 0 Å². The second-order valence-corrected chi connectivity index (χ2v) is 8.29. The van der Waals surface area contributed by atoms with Gasteiger partial charge in [0.25, 0.3) is 0 Å². The molecule has 0 amide bonds. The molecule has 2 aromatic carbocycles. The highest BCUT2D eigenvalue weighted by Crippen LogP contribution is 2.14. The molecule has 2 rings (SSSR count). The number of halogens is 1. The van der Waals surface area contributed by atoms with E-state index in [1.165, 1.54) is 7.05 Å². The summed E-state index contributed by atoms with van der Waals surface area (Å²) < 4.78 is 32.0. The number of aliphatic imine (C=N–C) groups is 1. The highest BCUT2D eigenvalue weighted by Gasteiger charge is 2.11. The average molecular weight is 532 g/mol. The first-order valence-corrected chi connectivity index (χ1v) is 10.5. The molecule has 2 aromatic rings. The van der Waals surface area contributed by atoms with Crippen LogP contribution in [0.3, 0.4) is 0 Å². The van der Waals surface area contributed by atoms with Gasteiger partial charge in [-0.15, -0.1) is 24.0 Å². The number of hydrogen-bond acceptors (Lipinski definition) is 4. The third-order valence-corrected chi connectivity index (χ3v) is 5.46. The van der Waals surface area contributed by atoms with Gasteiger partial charge in [0.05, 0.1) is 11.4 Å². The van der Waals surface area contributed by atoms with E-state index in [2.05, 4.69) is 20.3 Å². The van der Waals surface area contributed by atoms with E-state index in [4.69, 9.17) is 4.74 Å². The predicted octanol–water partition coefficient (Wildman–Crippen LogP) is 2.65. The molecule has 0 saturated heterocycles. The molecule has 0 saturated carbocycles. The maximum atomic E-state index is 11.9. The van der Waals surface area contributed by atoms with Crippen molar-refractivity contribution in [3.05, 3.63) is 59.7 Å². The van der Waals surface area contributed by atoms with Gasteiger partial charge < -0.3 is 15.4 Å². The molecule has 0 radical (unpaired) electrons. The fourth-order valence-corrected chi connectivity index (χ4v) is 3.35. The molecule has 0 aliphatic rings. The van der Waals surface area contributed by atoms with Crippen LogP contribution in [0.25, 0.3) is 0 Å². The van der Waals surface area contributed by atoms with Crippen LogP contribution in [0.1, 0.15) is 18.1 Å². The van der Waals surface area contributed by atoms with Crippen LogP contribution in [-0.2, 0) is 16.6 Å². The lowest BCUT2D eigenvalue weighted by Crippen LogP contribution is -2.41. The Morgan fingerprint density at radius 3 is 2.52 bits per heavy atom. The number of aryl methyl sites for hydroxylation is 1. The summed E-state index contributed by atoms with van der Waals surface area (Å²) in [7, 11) is -0.381. The second-order valence-electron chi connectivity index (χ2n) is 6.41. The third-order valence-electron chi connectivity index (χ3n) is 4.04. The summed E-state index contributed by atoms with van der Waals surface area (Å²) in [4.78, 5) is 4.43. The Morgan fingerprint density at radius 2 is 1.86 bits per heavy atom. The highest BCUT2D eigenvalue weighted by atomic mass is 127. The topological polar surface area (TPSA) is 91.8 Å². The van der Waals surface area contributed by atoms with Crippen molar-refractivity contribution in [2.45, 2.75) is 31.4 Å². The molecule has 0 aromatic heterocycles. The Balaban J connectivity index is 0.00000420. The SMILES string of the molecule is CN=C(NCc1cccc(S(=O)(=O)NC)c1)NCC(C)Oc1cccc(C)c1.I. The van der Waals surface area contributed by atoms with Crippen molar-refractivity contribution in [3.63, 3.8) is 0 Å². The number of guanidine groups is 1. The molecule has 0 heterocycles. The Labute approximate surface area is 190 Å². The van der Waals surface area contributed by atoms with Gasteiger partial charge in [0.15, 0.2) is 5.96 Å². The molecular weight excluding hydrogens is 503 g/mol. The predicted molar refractivity (Wildman–Crippen MR) is 128 cm³/mol. The lowest BCUT2D eigenvalue weighted by atomic mass is 10.2. The normalized spacial score (nSPS) is 12.6. The minimum atomic E-state index is -3.46. The van der Waals surface area contributed by atoms with Crippen LogP contribution in [0.4, 0.5) is 0 Å². The molecule has 0 aliphatic heterocycles. The van der Waals surface area contributed by atoms with Gasteiger partial charge in [-0.25, -0.2) is 13.1 Å². The molecule has 1 atom stereocenters. The lowest BCUT2D eigenvalue weighted by molar-refractivity contribution is 0.223. The van der Waals surface area contributed by atoms with Crippen molar-refractivity contribution in [1.29, 1.82) is 0 Å². The number of nitrogens with one attached hydrogen (secondary N) is 3. The Hall–Kier alpha value is -1.85. The van der Waals surface area contributed by atoms with E-state index in [-0.39, 0.29) is 35.0 Å². The van der Waals surface area contributed by atoms with Crippen LogP contribution in [0.15, 0.2) is 58.4 Å². The van der Waals surface area contributed by atoms with Crippen LogP contribution in [-0.4, -0.2) is 41.1 Å². The number of benzene rings is 2. The number of nitrogens with zero attached hydrogens (tertiary/aromatic N) is 1. The zero-order valence-corrected chi connectivity index (χ0v) is 20.2. The van der Waals surface area contributed by atoms with Gasteiger partial charge in [-0.1, -0.05) is 24.3 Å². The van der Waals surface area contributed by atoms with E-state index in [0.29, 0.717) is 19.0 Å².